The molecule has 1 aliphatic rings. The predicted molar refractivity (Wildman–Crippen MR) is 69.8 cm³/mol. The number of nitrogens with zero attached hydrogens (tertiary/aromatic N) is 3. The van der Waals surface area contributed by atoms with Gasteiger partial charge in [0, 0.05) is 18.0 Å². The van der Waals surface area contributed by atoms with Crippen LogP contribution in [0.3, 0.4) is 0 Å². The Balaban J connectivity index is 2.12. The number of hydrogen-bond acceptors (Lipinski definition) is 5. The second kappa shape index (κ2) is 4.88. The van der Waals surface area contributed by atoms with Crippen molar-refractivity contribution in [2.45, 2.75) is 44.6 Å². The quantitative estimate of drug-likeness (QED) is 0.730. The first-order valence-electron chi connectivity index (χ1n) is 5.92. The highest BCUT2D eigenvalue weighted by Crippen LogP contribution is 2.23. The van der Waals surface area contributed by atoms with E-state index in [1.807, 2.05) is 20.8 Å². The van der Waals surface area contributed by atoms with Gasteiger partial charge in [-0.25, -0.2) is 14.8 Å². The molecule has 0 N–H and O–H groups in total. The highest BCUT2D eigenvalue weighted by molar-refractivity contribution is 7.84. The number of hydrogen-bond donors (Lipinski definition) is 0. The average molecular weight is 283 g/mol. The second-order valence-electron chi connectivity index (χ2n) is 5.42. The second-order valence-corrected chi connectivity index (χ2v) is 6.69. The largest absolute Gasteiger partial charge is 0.444 e. The zero-order valence-corrected chi connectivity index (χ0v) is 12.3. The van der Waals surface area contributed by atoms with Crippen molar-refractivity contribution in [1.82, 2.24) is 14.9 Å². The molecule has 1 atom stereocenters. The number of fused-ring (bicyclic) bond motifs is 1. The van der Waals surface area contributed by atoms with Gasteiger partial charge in [-0.1, -0.05) is 0 Å². The molecule has 0 aliphatic carbocycles. The van der Waals surface area contributed by atoms with Crippen molar-refractivity contribution in [2.75, 3.05) is 6.26 Å². The summed E-state index contributed by atoms with van der Waals surface area (Å²) in [5.74, 6) is 0. The minimum atomic E-state index is -1.22. The number of ether oxygens (including phenoxy) is 1. The molecule has 6 nitrogen and oxygen atoms in total. The standard InChI is InChI=1S/C12H17N3O3S/c1-12(2,3)18-11(16)15-6-8-5-13-10(19(4)17)14-9(8)7-15/h5H,6-7H2,1-4H3/t19-/m0/s1. The van der Waals surface area contributed by atoms with Crippen molar-refractivity contribution < 1.29 is 13.7 Å². The first-order valence-corrected chi connectivity index (χ1v) is 7.48. The summed E-state index contributed by atoms with van der Waals surface area (Å²) in [5.41, 5.74) is 1.10. The lowest BCUT2D eigenvalue weighted by Crippen LogP contribution is -2.33. The average Bonchev–Trinajstić information content (AvgIpc) is 2.68. The van der Waals surface area contributed by atoms with Gasteiger partial charge in [-0.05, 0) is 20.8 Å². The van der Waals surface area contributed by atoms with Gasteiger partial charge in [0.1, 0.15) is 5.60 Å². The molecule has 0 fully saturated rings. The molecule has 0 spiro atoms. The summed E-state index contributed by atoms with van der Waals surface area (Å²) in [6, 6.07) is 0. The third-order valence-corrected chi connectivity index (χ3v) is 3.25. The molecule has 1 aliphatic heterocycles. The van der Waals surface area contributed by atoms with Gasteiger partial charge < -0.3 is 4.74 Å². The summed E-state index contributed by atoms with van der Waals surface area (Å²) in [6.45, 7) is 6.28. The van der Waals surface area contributed by atoms with Crippen LogP contribution < -0.4 is 0 Å². The molecule has 1 aromatic heterocycles. The number of carbonyl (C=O) groups excluding carboxylic acids is 1. The molecule has 0 saturated carbocycles. The zero-order valence-electron chi connectivity index (χ0n) is 11.5. The Morgan fingerprint density at radius 1 is 1.42 bits per heavy atom. The topological polar surface area (TPSA) is 72.4 Å². The fourth-order valence-corrected chi connectivity index (χ4v) is 2.17. The molecule has 2 rings (SSSR count). The van der Waals surface area contributed by atoms with E-state index in [1.54, 1.807) is 11.1 Å². The summed E-state index contributed by atoms with van der Waals surface area (Å²) in [5, 5.41) is 0.296. The van der Waals surface area contributed by atoms with Crippen LogP contribution in [0, 0.1) is 0 Å². The lowest BCUT2D eigenvalue weighted by Gasteiger charge is -2.23. The Kier molecular flexibility index (Phi) is 3.58. The van der Waals surface area contributed by atoms with E-state index in [1.165, 1.54) is 6.26 Å². The fraction of sp³-hybridized carbons (Fsp3) is 0.583. The van der Waals surface area contributed by atoms with Crippen molar-refractivity contribution >= 4 is 16.9 Å². The minimum absolute atomic E-state index is 0.296. The van der Waals surface area contributed by atoms with E-state index in [4.69, 9.17) is 4.74 Å². The highest BCUT2D eigenvalue weighted by atomic mass is 32.2. The van der Waals surface area contributed by atoms with Crippen molar-refractivity contribution in [3.8, 4) is 0 Å². The fourth-order valence-electron chi connectivity index (χ4n) is 1.73. The van der Waals surface area contributed by atoms with E-state index in [0.29, 0.717) is 18.2 Å². The van der Waals surface area contributed by atoms with Gasteiger partial charge in [0.05, 0.1) is 29.6 Å². The van der Waals surface area contributed by atoms with E-state index in [0.717, 1.165) is 11.3 Å². The van der Waals surface area contributed by atoms with Gasteiger partial charge in [-0.3, -0.25) is 9.11 Å². The molecular formula is C12H17N3O3S. The molecule has 0 unspecified atom stereocenters. The van der Waals surface area contributed by atoms with Gasteiger partial charge in [-0.2, -0.15) is 0 Å². The normalized spacial score (nSPS) is 16.1. The van der Waals surface area contributed by atoms with Gasteiger partial charge >= 0.3 is 6.09 Å². The van der Waals surface area contributed by atoms with Gasteiger partial charge in [0.15, 0.2) is 0 Å². The highest BCUT2D eigenvalue weighted by Gasteiger charge is 2.29. The predicted octanol–water partition coefficient (Wildman–Crippen LogP) is 1.46. The van der Waals surface area contributed by atoms with Crippen LogP contribution in [0.2, 0.25) is 0 Å². The van der Waals surface area contributed by atoms with Crippen LogP contribution in [-0.2, 0) is 28.6 Å². The van der Waals surface area contributed by atoms with Gasteiger partial charge in [0.2, 0.25) is 5.16 Å². The maximum absolute atomic E-state index is 11.9. The Morgan fingerprint density at radius 2 is 2.11 bits per heavy atom. The summed E-state index contributed by atoms with van der Waals surface area (Å²) in [7, 11) is -1.22. The van der Waals surface area contributed by atoms with Crippen LogP contribution in [0.5, 0.6) is 0 Å². The van der Waals surface area contributed by atoms with Crippen LogP contribution >= 0.6 is 0 Å². The van der Waals surface area contributed by atoms with E-state index >= 15 is 0 Å². The molecule has 0 aromatic carbocycles. The van der Waals surface area contributed by atoms with E-state index in [9.17, 15) is 9.00 Å². The van der Waals surface area contributed by atoms with Crippen LogP contribution in [0.1, 0.15) is 32.0 Å². The van der Waals surface area contributed by atoms with E-state index < -0.39 is 16.4 Å². The molecule has 2 heterocycles. The Labute approximate surface area is 114 Å². The molecule has 1 amide bonds. The Hall–Kier alpha value is -1.50. The number of amides is 1. The van der Waals surface area contributed by atoms with Gasteiger partial charge in [-0.15, -0.1) is 0 Å². The lowest BCUT2D eigenvalue weighted by molar-refractivity contribution is 0.0240. The molecule has 0 bridgehead atoms. The summed E-state index contributed by atoms with van der Waals surface area (Å²) < 4.78 is 16.6. The molecule has 19 heavy (non-hydrogen) atoms. The third-order valence-electron chi connectivity index (χ3n) is 2.54. The number of carbonyl (C=O) groups is 1. The summed E-state index contributed by atoms with van der Waals surface area (Å²) >= 11 is 0. The Morgan fingerprint density at radius 3 is 2.68 bits per heavy atom. The smallest absolute Gasteiger partial charge is 0.410 e. The molecule has 0 saturated heterocycles. The maximum Gasteiger partial charge on any atom is 0.410 e. The first-order chi connectivity index (χ1) is 8.76. The van der Waals surface area contributed by atoms with E-state index in [2.05, 4.69) is 9.97 Å². The van der Waals surface area contributed by atoms with Crippen LogP contribution in [0.15, 0.2) is 11.4 Å². The Bertz CT molecular complexity index is 540. The van der Waals surface area contributed by atoms with Crippen LogP contribution in [0.4, 0.5) is 4.79 Å². The minimum Gasteiger partial charge on any atom is -0.444 e. The van der Waals surface area contributed by atoms with Crippen molar-refractivity contribution in [3.63, 3.8) is 0 Å². The van der Waals surface area contributed by atoms with Crippen LogP contribution in [-0.4, -0.2) is 37.0 Å². The molecule has 1 aromatic rings. The monoisotopic (exact) mass is 283 g/mol. The zero-order chi connectivity index (χ0) is 14.2. The molecule has 0 radical (unpaired) electrons. The maximum atomic E-state index is 11.9. The number of aromatic nitrogens is 2. The third kappa shape index (κ3) is 3.28. The van der Waals surface area contributed by atoms with Crippen molar-refractivity contribution in [3.05, 3.63) is 17.5 Å². The molecular weight excluding hydrogens is 266 g/mol. The van der Waals surface area contributed by atoms with Crippen molar-refractivity contribution in [1.29, 1.82) is 0 Å². The van der Waals surface area contributed by atoms with E-state index in [-0.39, 0.29) is 6.09 Å². The first kappa shape index (κ1) is 13.9. The molecule has 104 valence electrons. The molecule has 7 heteroatoms. The number of rotatable bonds is 1. The van der Waals surface area contributed by atoms with Crippen LogP contribution in [0.25, 0.3) is 0 Å². The van der Waals surface area contributed by atoms with Crippen molar-refractivity contribution in [2.24, 2.45) is 0 Å². The summed E-state index contributed by atoms with van der Waals surface area (Å²) in [4.78, 5) is 21.8. The van der Waals surface area contributed by atoms with Gasteiger partial charge in [0.25, 0.3) is 0 Å². The lowest BCUT2D eigenvalue weighted by atomic mass is 10.2. The summed E-state index contributed by atoms with van der Waals surface area (Å²) in [6.07, 6.45) is 2.79. The SMILES string of the molecule is C[S@](=O)c1ncc2c(n1)CN(C(=O)OC(C)(C)C)C2.